The Labute approximate surface area is 192 Å². The first-order valence-electron chi connectivity index (χ1n) is 10.3. The molecule has 0 spiro atoms. The number of aromatic nitrogens is 4. The fourth-order valence-corrected chi connectivity index (χ4v) is 4.11. The molecular weight excluding hydrogens is 448 g/mol. The summed E-state index contributed by atoms with van der Waals surface area (Å²) >= 11 is 1.07. The van der Waals surface area contributed by atoms with Gasteiger partial charge in [0.25, 0.3) is 5.56 Å². The summed E-state index contributed by atoms with van der Waals surface area (Å²) in [6.07, 6.45) is 2.29. The lowest BCUT2D eigenvalue weighted by atomic mass is 10.1. The minimum atomic E-state index is -0.861. The number of nitrogens with zero attached hydrogens (tertiary/aromatic N) is 4. The van der Waals surface area contributed by atoms with Gasteiger partial charge in [0.05, 0.1) is 17.6 Å². The molecule has 0 saturated carbocycles. The van der Waals surface area contributed by atoms with Gasteiger partial charge in [-0.25, -0.2) is 13.8 Å². The summed E-state index contributed by atoms with van der Waals surface area (Å²) in [5.41, 5.74) is 1.38. The fraction of sp³-hybridized carbons (Fsp3) is 0.217. The summed E-state index contributed by atoms with van der Waals surface area (Å²) in [6.45, 7) is 2.86. The smallest absolute Gasteiger partial charge is 0.282 e. The number of hydrogen-bond acceptors (Lipinski definition) is 5. The van der Waals surface area contributed by atoms with E-state index in [2.05, 4.69) is 15.4 Å². The molecule has 170 valence electrons. The van der Waals surface area contributed by atoms with Crippen molar-refractivity contribution in [3.05, 3.63) is 82.3 Å². The van der Waals surface area contributed by atoms with Crippen molar-refractivity contribution in [1.29, 1.82) is 0 Å². The molecule has 2 aromatic carbocycles. The summed E-state index contributed by atoms with van der Waals surface area (Å²) < 4.78 is 30.1. The summed E-state index contributed by atoms with van der Waals surface area (Å²) in [6, 6.07) is 12.6. The van der Waals surface area contributed by atoms with Crippen molar-refractivity contribution in [2.45, 2.75) is 31.6 Å². The van der Waals surface area contributed by atoms with Gasteiger partial charge >= 0.3 is 0 Å². The normalized spacial score (nSPS) is 11.1. The molecule has 0 saturated heterocycles. The zero-order chi connectivity index (χ0) is 23.4. The van der Waals surface area contributed by atoms with Crippen LogP contribution in [-0.2, 0) is 24.3 Å². The maximum atomic E-state index is 13.8. The van der Waals surface area contributed by atoms with E-state index in [1.54, 1.807) is 10.9 Å². The number of carbonyl (C=O) groups is 1. The molecule has 0 aliphatic heterocycles. The number of benzene rings is 2. The molecule has 0 aliphatic carbocycles. The van der Waals surface area contributed by atoms with E-state index in [0.29, 0.717) is 36.2 Å². The number of hydrogen-bond donors (Lipinski definition) is 1. The van der Waals surface area contributed by atoms with Crippen LogP contribution in [0.3, 0.4) is 0 Å². The zero-order valence-corrected chi connectivity index (χ0v) is 18.6. The minimum Gasteiger partial charge on any atom is -0.323 e. The molecule has 4 aromatic rings. The predicted octanol–water partition coefficient (Wildman–Crippen LogP) is 3.86. The third-order valence-electron chi connectivity index (χ3n) is 4.97. The summed E-state index contributed by atoms with van der Waals surface area (Å²) in [5.74, 6) is -2.20. The number of carbonyl (C=O) groups excluding carboxylic acids is 1. The molecule has 33 heavy (non-hydrogen) atoms. The molecular formula is C23H21F2N5O2S. The molecule has 0 radical (unpaired) electrons. The molecule has 0 bridgehead atoms. The molecule has 0 aliphatic rings. The largest absolute Gasteiger partial charge is 0.323 e. The molecule has 10 heteroatoms. The highest BCUT2D eigenvalue weighted by Gasteiger charge is 2.17. The number of halogens is 2. The Balaban J connectivity index is 1.57. The summed E-state index contributed by atoms with van der Waals surface area (Å²) in [4.78, 5) is 30.1. The van der Waals surface area contributed by atoms with Gasteiger partial charge in [-0.1, -0.05) is 42.1 Å². The van der Waals surface area contributed by atoms with Gasteiger partial charge in [-0.3, -0.25) is 18.8 Å². The Morgan fingerprint density at radius 3 is 2.67 bits per heavy atom. The number of aryl methyl sites for hydroxylation is 2. The third-order valence-corrected chi connectivity index (χ3v) is 5.94. The highest BCUT2D eigenvalue weighted by molar-refractivity contribution is 7.99. The first-order chi connectivity index (χ1) is 15.9. The van der Waals surface area contributed by atoms with E-state index in [4.69, 9.17) is 0 Å². The van der Waals surface area contributed by atoms with Crippen LogP contribution < -0.4 is 10.9 Å². The van der Waals surface area contributed by atoms with E-state index in [-0.39, 0.29) is 22.5 Å². The average Bonchev–Trinajstić information content (AvgIpc) is 3.23. The van der Waals surface area contributed by atoms with Crippen molar-refractivity contribution >= 4 is 34.4 Å². The number of anilines is 1. The van der Waals surface area contributed by atoms with Crippen LogP contribution in [0, 0.1) is 11.6 Å². The van der Waals surface area contributed by atoms with Crippen molar-refractivity contribution in [2.24, 2.45) is 0 Å². The van der Waals surface area contributed by atoms with Gasteiger partial charge in [-0.2, -0.15) is 5.10 Å². The van der Waals surface area contributed by atoms with E-state index in [0.717, 1.165) is 29.5 Å². The molecule has 7 nitrogen and oxygen atoms in total. The van der Waals surface area contributed by atoms with Crippen molar-refractivity contribution in [2.75, 3.05) is 11.1 Å². The Morgan fingerprint density at radius 1 is 1.15 bits per heavy atom. The molecule has 2 heterocycles. The van der Waals surface area contributed by atoms with E-state index in [1.165, 1.54) is 4.57 Å². The number of nitrogens with one attached hydrogen (secondary N) is 1. The maximum Gasteiger partial charge on any atom is 0.282 e. The van der Waals surface area contributed by atoms with Gasteiger partial charge < -0.3 is 5.32 Å². The van der Waals surface area contributed by atoms with Crippen molar-refractivity contribution in [1.82, 2.24) is 19.3 Å². The van der Waals surface area contributed by atoms with Crippen LogP contribution in [0.15, 0.2) is 64.7 Å². The molecule has 4 rings (SSSR count). The zero-order valence-electron chi connectivity index (χ0n) is 17.8. The minimum absolute atomic E-state index is 0.109. The van der Waals surface area contributed by atoms with Crippen molar-refractivity contribution in [3.63, 3.8) is 0 Å². The average molecular weight is 470 g/mol. The van der Waals surface area contributed by atoms with Crippen LogP contribution in [0.25, 0.3) is 11.0 Å². The lowest BCUT2D eigenvalue weighted by molar-refractivity contribution is -0.113. The van der Waals surface area contributed by atoms with E-state index >= 15 is 0 Å². The quantitative estimate of drug-likeness (QED) is 0.313. The van der Waals surface area contributed by atoms with Gasteiger partial charge in [0.15, 0.2) is 10.7 Å². The topological polar surface area (TPSA) is 81.8 Å². The molecule has 0 fully saturated rings. The molecule has 0 unspecified atom stereocenters. The second-order valence-corrected chi connectivity index (χ2v) is 8.21. The van der Waals surface area contributed by atoms with Gasteiger partial charge in [-0.15, -0.1) is 0 Å². The van der Waals surface area contributed by atoms with E-state index in [9.17, 15) is 18.4 Å². The fourth-order valence-electron chi connectivity index (χ4n) is 3.29. The Bertz CT molecular complexity index is 1350. The van der Waals surface area contributed by atoms with Crippen LogP contribution in [0.4, 0.5) is 14.5 Å². The lowest BCUT2D eigenvalue weighted by Crippen LogP contribution is -2.25. The second kappa shape index (κ2) is 9.95. The molecule has 1 N–H and O–H groups in total. The Morgan fingerprint density at radius 2 is 1.94 bits per heavy atom. The lowest BCUT2D eigenvalue weighted by Gasteiger charge is -2.12. The standard InChI is InChI=1S/C23H21F2N5O2S/c1-2-29-13-19-21(28-29)22(32)30(11-10-15-6-4-3-5-7-15)23(27-19)33-14-20(31)26-18-9-8-16(24)12-17(18)25/h3-9,12-13H,2,10-11,14H2,1H3,(H,26,31). The number of amides is 1. The Hall–Kier alpha value is -3.53. The SMILES string of the molecule is CCn1cc2nc(SCC(=O)Nc3ccc(F)cc3F)n(CCc3ccccc3)c(=O)c2n1. The van der Waals surface area contributed by atoms with Crippen LogP contribution in [0.1, 0.15) is 12.5 Å². The number of rotatable bonds is 8. The van der Waals surface area contributed by atoms with Crippen LogP contribution >= 0.6 is 11.8 Å². The van der Waals surface area contributed by atoms with Gasteiger partial charge in [0.2, 0.25) is 5.91 Å². The molecule has 0 atom stereocenters. The van der Waals surface area contributed by atoms with Crippen molar-refractivity contribution in [3.8, 4) is 0 Å². The second-order valence-electron chi connectivity index (χ2n) is 7.27. The van der Waals surface area contributed by atoms with Crippen LogP contribution in [0.2, 0.25) is 0 Å². The predicted molar refractivity (Wildman–Crippen MR) is 123 cm³/mol. The Kier molecular flexibility index (Phi) is 6.83. The van der Waals surface area contributed by atoms with Gasteiger partial charge in [-0.05, 0) is 31.0 Å². The van der Waals surface area contributed by atoms with E-state index < -0.39 is 17.5 Å². The molecule has 2 aromatic heterocycles. The highest BCUT2D eigenvalue weighted by Crippen LogP contribution is 2.20. The summed E-state index contributed by atoms with van der Waals surface area (Å²) in [7, 11) is 0. The van der Waals surface area contributed by atoms with Crippen molar-refractivity contribution < 1.29 is 13.6 Å². The van der Waals surface area contributed by atoms with Crippen LogP contribution in [0.5, 0.6) is 0 Å². The first-order valence-corrected chi connectivity index (χ1v) is 11.3. The third kappa shape index (κ3) is 5.28. The maximum absolute atomic E-state index is 13.8. The number of fused-ring (bicyclic) bond motifs is 1. The number of thioether (sulfide) groups is 1. The van der Waals surface area contributed by atoms with Gasteiger partial charge in [0, 0.05) is 19.2 Å². The van der Waals surface area contributed by atoms with Gasteiger partial charge in [0.1, 0.15) is 17.2 Å². The summed E-state index contributed by atoms with van der Waals surface area (Å²) in [5, 5.41) is 7.10. The molecule has 1 amide bonds. The van der Waals surface area contributed by atoms with Crippen LogP contribution in [-0.4, -0.2) is 31.0 Å². The van der Waals surface area contributed by atoms with E-state index in [1.807, 2.05) is 37.3 Å². The first kappa shape index (κ1) is 22.7. The highest BCUT2D eigenvalue weighted by atomic mass is 32.2. The monoisotopic (exact) mass is 469 g/mol.